The van der Waals surface area contributed by atoms with Crippen molar-refractivity contribution in [2.24, 2.45) is 11.8 Å². The van der Waals surface area contributed by atoms with E-state index in [-0.39, 0.29) is 23.6 Å². The lowest BCUT2D eigenvalue weighted by molar-refractivity contribution is -0.136. The van der Waals surface area contributed by atoms with Gasteiger partial charge in [0.15, 0.2) is 5.60 Å². The lowest BCUT2D eigenvalue weighted by atomic mass is 9.75. The molecule has 3 aromatic carbocycles. The van der Waals surface area contributed by atoms with Gasteiger partial charge < -0.3 is 9.84 Å². The molecule has 4 amide bonds. The maximum absolute atomic E-state index is 13.9. The molecule has 3 aromatic rings. The highest BCUT2D eigenvalue weighted by Crippen LogP contribution is 2.47. The first-order valence-electron chi connectivity index (χ1n) is 12.5. The average molecular weight is 513 g/mol. The Kier molecular flexibility index (Phi) is 6.59. The van der Waals surface area contributed by atoms with Crippen LogP contribution in [-0.2, 0) is 15.1 Å². The van der Waals surface area contributed by atoms with E-state index in [2.05, 4.69) is 0 Å². The average Bonchev–Trinajstić information content (AvgIpc) is 3.39. The highest BCUT2D eigenvalue weighted by Gasteiger charge is 2.60. The number of benzene rings is 3. The van der Waals surface area contributed by atoms with E-state index in [9.17, 15) is 24.3 Å². The summed E-state index contributed by atoms with van der Waals surface area (Å²) >= 11 is 0. The van der Waals surface area contributed by atoms with Crippen LogP contribution < -0.4 is 0 Å². The van der Waals surface area contributed by atoms with Crippen molar-refractivity contribution in [1.29, 1.82) is 0 Å². The molecule has 5 rings (SSSR count). The number of rotatable bonds is 7. The van der Waals surface area contributed by atoms with E-state index in [1.165, 1.54) is 0 Å². The summed E-state index contributed by atoms with van der Waals surface area (Å²) < 4.78 is 6.12. The number of carbonyl (C=O) groups excluding carboxylic acids is 4. The van der Waals surface area contributed by atoms with Gasteiger partial charge in [0.2, 0.25) is 5.91 Å². The summed E-state index contributed by atoms with van der Waals surface area (Å²) in [4.78, 5) is 55.3. The molecule has 2 aliphatic heterocycles. The van der Waals surface area contributed by atoms with Gasteiger partial charge in [-0.2, -0.15) is 0 Å². The van der Waals surface area contributed by atoms with Crippen molar-refractivity contribution in [2.45, 2.75) is 25.5 Å². The van der Waals surface area contributed by atoms with Crippen molar-refractivity contribution < 1.29 is 29.0 Å². The van der Waals surface area contributed by atoms with Crippen LogP contribution in [0.3, 0.4) is 0 Å². The molecule has 38 heavy (non-hydrogen) atoms. The van der Waals surface area contributed by atoms with Gasteiger partial charge in [0, 0.05) is 17.7 Å². The molecule has 0 saturated carbocycles. The van der Waals surface area contributed by atoms with E-state index in [1.807, 2.05) is 74.5 Å². The Balaban J connectivity index is 1.53. The predicted molar refractivity (Wildman–Crippen MR) is 138 cm³/mol. The zero-order chi connectivity index (χ0) is 27.0. The zero-order valence-electron chi connectivity index (χ0n) is 21.1. The van der Waals surface area contributed by atoms with Crippen molar-refractivity contribution in [3.05, 3.63) is 107 Å². The summed E-state index contributed by atoms with van der Waals surface area (Å²) in [7, 11) is 0. The molecule has 0 radical (unpaired) electrons. The summed E-state index contributed by atoms with van der Waals surface area (Å²) in [5, 5.41) is 10.2. The number of cyclic esters (lactones) is 1. The normalized spacial score (nSPS) is 19.1. The Morgan fingerprint density at radius 1 is 0.842 bits per heavy atom. The molecule has 194 valence electrons. The fraction of sp³-hybridized carbons (Fsp3) is 0.267. The summed E-state index contributed by atoms with van der Waals surface area (Å²) in [5.74, 6) is -3.24. The standard InChI is InChI=1S/C30H28N2O6/c1-19(2)25-30(21-11-5-3-6-12-21,22-13-7-4-8-14-22)38-29(37)32(25)26(34)20(18-33)17-31-27(35)23-15-9-10-16-24(23)28(31)36/h3-16,19-20,25,33H,17-18H2,1-2H3/t20-,25+/m0/s1. The third kappa shape index (κ3) is 3.88. The molecule has 0 spiro atoms. The van der Waals surface area contributed by atoms with Gasteiger partial charge in [0.25, 0.3) is 11.8 Å². The molecular weight excluding hydrogens is 484 g/mol. The first-order valence-corrected chi connectivity index (χ1v) is 12.5. The lowest BCUT2D eigenvalue weighted by Gasteiger charge is -2.38. The van der Waals surface area contributed by atoms with E-state index >= 15 is 0 Å². The second-order valence-corrected chi connectivity index (χ2v) is 9.88. The minimum absolute atomic E-state index is 0.245. The number of hydrogen-bond acceptors (Lipinski definition) is 6. The van der Waals surface area contributed by atoms with Gasteiger partial charge in [0.05, 0.1) is 29.7 Å². The van der Waals surface area contributed by atoms with Crippen molar-refractivity contribution in [1.82, 2.24) is 9.80 Å². The van der Waals surface area contributed by atoms with Gasteiger partial charge in [0.1, 0.15) is 0 Å². The second-order valence-electron chi connectivity index (χ2n) is 9.88. The minimum atomic E-state index is -1.29. The van der Waals surface area contributed by atoms with E-state index in [4.69, 9.17) is 4.74 Å². The van der Waals surface area contributed by atoms with Crippen molar-refractivity contribution >= 4 is 23.8 Å². The molecule has 1 N–H and O–H groups in total. The number of nitrogens with zero attached hydrogens (tertiary/aromatic N) is 2. The second kappa shape index (κ2) is 9.87. The van der Waals surface area contributed by atoms with E-state index in [0.29, 0.717) is 11.1 Å². The van der Waals surface area contributed by atoms with Gasteiger partial charge in [-0.25, -0.2) is 9.69 Å². The SMILES string of the molecule is CC(C)[C@H]1N(C(=O)[C@H](CO)CN2C(=O)c3ccccc3C2=O)C(=O)OC1(c1ccccc1)c1ccccc1. The fourth-order valence-corrected chi connectivity index (χ4v) is 5.57. The Morgan fingerprint density at radius 3 is 1.76 bits per heavy atom. The molecule has 2 heterocycles. The number of aliphatic hydroxyl groups is 1. The van der Waals surface area contributed by atoms with Crippen LogP contribution in [0.25, 0.3) is 0 Å². The lowest BCUT2D eigenvalue weighted by Crippen LogP contribution is -2.53. The summed E-state index contributed by atoms with van der Waals surface area (Å²) in [6.07, 6.45) is -0.845. The zero-order valence-corrected chi connectivity index (χ0v) is 21.1. The monoisotopic (exact) mass is 512 g/mol. The van der Waals surface area contributed by atoms with Gasteiger partial charge in [-0.05, 0) is 18.1 Å². The molecule has 1 fully saturated rings. The minimum Gasteiger partial charge on any atom is -0.430 e. The molecule has 8 nitrogen and oxygen atoms in total. The van der Waals surface area contributed by atoms with E-state index in [1.54, 1.807) is 24.3 Å². The largest absolute Gasteiger partial charge is 0.430 e. The van der Waals surface area contributed by atoms with Gasteiger partial charge in [-0.15, -0.1) is 0 Å². The molecule has 0 aliphatic carbocycles. The topological polar surface area (TPSA) is 104 Å². The summed E-state index contributed by atoms with van der Waals surface area (Å²) in [6, 6.07) is 24.1. The third-order valence-electron chi connectivity index (χ3n) is 7.26. The van der Waals surface area contributed by atoms with Crippen LogP contribution >= 0.6 is 0 Å². The van der Waals surface area contributed by atoms with Crippen LogP contribution in [0, 0.1) is 11.8 Å². The molecule has 2 aliphatic rings. The predicted octanol–water partition coefficient (Wildman–Crippen LogP) is 3.84. The molecule has 0 aromatic heterocycles. The summed E-state index contributed by atoms with van der Waals surface area (Å²) in [5.41, 5.74) is 0.603. The van der Waals surface area contributed by atoms with E-state index in [0.717, 1.165) is 9.80 Å². The number of carbonyl (C=O) groups is 4. The van der Waals surface area contributed by atoms with Crippen LogP contribution in [0.15, 0.2) is 84.9 Å². The molecule has 1 saturated heterocycles. The van der Waals surface area contributed by atoms with Gasteiger partial charge in [-0.3, -0.25) is 19.3 Å². The number of ether oxygens (including phenoxy) is 1. The summed E-state index contributed by atoms with van der Waals surface area (Å²) in [6.45, 7) is 2.77. The highest BCUT2D eigenvalue weighted by atomic mass is 16.6. The van der Waals surface area contributed by atoms with Crippen LogP contribution in [0.4, 0.5) is 4.79 Å². The maximum Gasteiger partial charge on any atom is 0.418 e. The first-order chi connectivity index (χ1) is 18.3. The number of aliphatic hydroxyl groups excluding tert-OH is 1. The van der Waals surface area contributed by atoms with Crippen LogP contribution in [0.1, 0.15) is 45.7 Å². The van der Waals surface area contributed by atoms with Crippen molar-refractivity contribution in [3.8, 4) is 0 Å². The van der Waals surface area contributed by atoms with E-state index < -0.39 is 48.0 Å². The Bertz CT molecular complexity index is 1310. The molecule has 0 bridgehead atoms. The van der Waals surface area contributed by atoms with Gasteiger partial charge >= 0.3 is 6.09 Å². The number of imide groups is 2. The van der Waals surface area contributed by atoms with Gasteiger partial charge in [-0.1, -0.05) is 86.6 Å². The Hall–Kier alpha value is -4.30. The first kappa shape index (κ1) is 25.4. The number of amides is 4. The number of fused-ring (bicyclic) bond motifs is 1. The Morgan fingerprint density at radius 2 is 1.32 bits per heavy atom. The smallest absolute Gasteiger partial charge is 0.418 e. The quantitative estimate of drug-likeness (QED) is 0.483. The third-order valence-corrected chi connectivity index (χ3v) is 7.26. The molecule has 0 unspecified atom stereocenters. The molecular formula is C30H28N2O6. The molecule has 8 heteroatoms. The van der Waals surface area contributed by atoms with Crippen molar-refractivity contribution in [2.75, 3.05) is 13.2 Å². The van der Waals surface area contributed by atoms with Crippen molar-refractivity contribution in [3.63, 3.8) is 0 Å². The van der Waals surface area contributed by atoms with Crippen LogP contribution in [0.5, 0.6) is 0 Å². The number of hydrogen-bond donors (Lipinski definition) is 1. The Labute approximate surface area is 220 Å². The van der Waals surface area contributed by atoms with Crippen LogP contribution in [0.2, 0.25) is 0 Å². The van der Waals surface area contributed by atoms with Crippen LogP contribution in [-0.4, -0.2) is 57.9 Å². The maximum atomic E-state index is 13.9. The highest BCUT2D eigenvalue weighted by molar-refractivity contribution is 6.21. The molecule has 2 atom stereocenters. The fourth-order valence-electron chi connectivity index (χ4n) is 5.57.